The number of likely N-dealkylation sites (N-methyl/N-ethyl adjacent to an activating group) is 2. The van der Waals surface area contributed by atoms with E-state index in [1.807, 2.05) is 0 Å². The normalized spacial score (nSPS) is 22.6. The second kappa shape index (κ2) is 7.43. The maximum atomic E-state index is 12.2. The highest BCUT2D eigenvalue weighted by atomic mass is 32.2. The average Bonchev–Trinajstić information content (AvgIpc) is 2.34. The van der Waals surface area contributed by atoms with Crippen molar-refractivity contribution < 1.29 is 8.42 Å². The molecule has 1 unspecified atom stereocenters. The quantitative estimate of drug-likeness (QED) is 0.682. The van der Waals surface area contributed by atoms with Gasteiger partial charge in [-0.2, -0.15) is 0 Å². The van der Waals surface area contributed by atoms with Crippen molar-refractivity contribution in [3.63, 3.8) is 0 Å². The molecular formula is C12H27N3O2S. The molecule has 0 radical (unpaired) electrons. The Morgan fingerprint density at radius 2 is 2.11 bits per heavy atom. The molecule has 1 fully saturated rings. The van der Waals surface area contributed by atoms with Crippen LogP contribution in [0.2, 0.25) is 0 Å². The zero-order valence-corrected chi connectivity index (χ0v) is 12.7. The van der Waals surface area contributed by atoms with Crippen LogP contribution in [0, 0.1) is 0 Å². The van der Waals surface area contributed by atoms with Gasteiger partial charge in [-0.25, -0.2) is 12.7 Å². The number of hydrogen-bond acceptors (Lipinski definition) is 4. The van der Waals surface area contributed by atoms with Gasteiger partial charge in [0, 0.05) is 26.2 Å². The molecule has 1 aliphatic rings. The first-order valence-corrected chi connectivity index (χ1v) is 8.43. The molecule has 108 valence electrons. The standard InChI is InChI=1S/C12H27N3O2S/c1-4-7-13-8-10-18(16,17)15(3)12-6-5-9-14(2)11-12/h12-13H,4-11H2,1-3H3. The fraction of sp³-hybridized carbons (Fsp3) is 1.00. The molecule has 5 nitrogen and oxygen atoms in total. The van der Waals surface area contributed by atoms with Crippen LogP contribution in [0.25, 0.3) is 0 Å². The summed E-state index contributed by atoms with van der Waals surface area (Å²) in [5, 5.41) is 3.14. The Kier molecular flexibility index (Phi) is 6.55. The lowest BCUT2D eigenvalue weighted by atomic mass is 10.1. The highest BCUT2D eigenvalue weighted by Gasteiger charge is 2.28. The summed E-state index contributed by atoms with van der Waals surface area (Å²) in [5.41, 5.74) is 0. The minimum Gasteiger partial charge on any atom is -0.316 e. The molecule has 0 spiro atoms. The minimum absolute atomic E-state index is 0.139. The van der Waals surface area contributed by atoms with Crippen LogP contribution in [0.5, 0.6) is 0 Å². The molecule has 0 aromatic carbocycles. The van der Waals surface area contributed by atoms with E-state index in [-0.39, 0.29) is 11.8 Å². The van der Waals surface area contributed by atoms with E-state index >= 15 is 0 Å². The van der Waals surface area contributed by atoms with Gasteiger partial charge in [0.15, 0.2) is 0 Å². The monoisotopic (exact) mass is 277 g/mol. The Balaban J connectivity index is 2.45. The van der Waals surface area contributed by atoms with Crippen molar-refractivity contribution in [3.05, 3.63) is 0 Å². The lowest BCUT2D eigenvalue weighted by molar-refractivity contribution is 0.187. The van der Waals surface area contributed by atoms with Crippen molar-refractivity contribution in [1.29, 1.82) is 0 Å². The SMILES string of the molecule is CCCNCCS(=O)(=O)N(C)C1CCCN(C)C1. The smallest absolute Gasteiger partial charge is 0.215 e. The van der Waals surface area contributed by atoms with Crippen LogP contribution in [0.4, 0.5) is 0 Å². The Morgan fingerprint density at radius 1 is 1.39 bits per heavy atom. The first kappa shape index (κ1) is 15.9. The van der Waals surface area contributed by atoms with E-state index in [0.717, 1.165) is 38.9 Å². The summed E-state index contributed by atoms with van der Waals surface area (Å²) in [5.74, 6) is 0.198. The van der Waals surface area contributed by atoms with Gasteiger partial charge in [0.2, 0.25) is 10.0 Å². The molecule has 0 aromatic heterocycles. The zero-order valence-electron chi connectivity index (χ0n) is 11.9. The van der Waals surface area contributed by atoms with Crippen molar-refractivity contribution in [1.82, 2.24) is 14.5 Å². The van der Waals surface area contributed by atoms with Crippen molar-refractivity contribution in [2.75, 3.05) is 46.0 Å². The van der Waals surface area contributed by atoms with Gasteiger partial charge in [-0.3, -0.25) is 0 Å². The molecule has 0 bridgehead atoms. The predicted octanol–water partition coefficient (Wildman–Crippen LogP) is 0.342. The Morgan fingerprint density at radius 3 is 2.72 bits per heavy atom. The average molecular weight is 277 g/mol. The van der Waals surface area contributed by atoms with E-state index in [4.69, 9.17) is 0 Å². The number of likely N-dealkylation sites (tertiary alicyclic amines) is 1. The van der Waals surface area contributed by atoms with E-state index < -0.39 is 10.0 Å². The molecule has 1 rings (SSSR count). The third kappa shape index (κ3) is 4.84. The molecule has 1 atom stereocenters. The van der Waals surface area contributed by atoms with E-state index in [1.165, 1.54) is 0 Å². The Bertz CT molecular complexity index is 332. The highest BCUT2D eigenvalue weighted by molar-refractivity contribution is 7.89. The van der Waals surface area contributed by atoms with Gasteiger partial charge >= 0.3 is 0 Å². The van der Waals surface area contributed by atoms with E-state index in [2.05, 4.69) is 24.2 Å². The predicted molar refractivity (Wildman–Crippen MR) is 75.2 cm³/mol. The summed E-state index contributed by atoms with van der Waals surface area (Å²) in [6.07, 6.45) is 3.08. The van der Waals surface area contributed by atoms with Gasteiger partial charge in [-0.1, -0.05) is 6.92 Å². The summed E-state index contributed by atoms with van der Waals surface area (Å²) in [6, 6.07) is 0.139. The number of nitrogens with one attached hydrogen (secondary N) is 1. The molecule has 1 aliphatic heterocycles. The first-order chi connectivity index (χ1) is 8.47. The Labute approximate surface area is 112 Å². The maximum absolute atomic E-state index is 12.2. The van der Waals surface area contributed by atoms with Gasteiger partial charge in [-0.15, -0.1) is 0 Å². The van der Waals surface area contributed by atoms with Gasteiger partial charge in [-0.05, 0) is 39.4 Å². The van der Waals surface area contributed by atoms with Crippen LogP contribution in [-0.2, 0) is 10.0 Å². The van der Waals surface area contributed by atoms with Crippen LogP contribution >= 0.6 is 0 Å². The fourth-order valence-electron chi connectivity index (χ4n) is 2.31. The molecule has 1 saturated heterocycles. The lowest BCUT2D eigenvalue weighted by Gasteiger charge is -2.35. The topological polar surface area (TPSA) is 52.7 Å². The summed E-state index contributed by atoms with van der Waals surface area (Å²) in [4.78, 5) is 2.20. The largest absolute Gasteiger partial charge is 0.316 e. The molecule has 1 heterocycles. The fourth-order valence-corrected chi connectivity index (χ4v) is 3.63. The molecule has 6 heteroatoms. The van der Waals surface area contributed by atoms with Crippen LogP contribution < -0.4 is 5.32 Å². The second-order valence-electron chi connectivity index (χ2n) is 5.14. The van der Waals surface area contributed by atoms with Crippen molar-refractivity contribution >= 4 is 10.0 Å². The third-order valence-electron chi connectivity index (χ3n) is 3.52. The van der Waals surface area contributed by atoms with Crippen LogP contribution in [0.15, 0.2) is 0 Å². The number of piperidine rings is 1. The molecule has 18 heavy (non-hydrogen) atoms. The van der Waals surface area contributed by atoms with Crippen molar-refractivity contribution in [2.45, 2.75) is 32.2 Å². The van der Waals surface area contributed by atoms with Gasteiger partial charge in [0.1, 0.15) is 0 Å². The number of nitrogens with zero attached hydrogens (tertiary/aromatic N) is 2. The van der Waals surface area contributed by atoms with E-state index in [1.54, 1.807) is 11.4 Å². The Hall–Kier alpha value is -0.170. The summed E-state index contributed by atoms with van der Waals surface area (Å²) in [7, 11) is 0.653. The van der Waals surface area contributed by atoms with Crippen LogP contribution in [-0.4, -0.2) is 69.7 Å². The molecule has 1 N–H and O–H groups in total. The number of hydrogen-bond donors (Lipinski definition) is 1. The van der Waals surface area contributed by atoms with E-state index in [0.29, 0.717) is 6.54 Å². The highest BCUT2D eigenvalue weighted by Crippen LogP contribution is 2.16. The number of sulfonamides is 1. The minimum atomic E-state index is -3.12. The lowest BCUT2D eigenvalue weighted by Crippen LogP contribution is -2.48. The maximum Gasteiger partial charge on any atom is 0.215 e. The van der Waals surface area contributed by atoms with Gasteiger partial charge < -0.3 is 10.2 Å². The van der Waals surface area contributed by atoms with Crippen LogP contribution in [0.1, 0.15) is 26.2 Å². The van der Waals surface area contributed by atoms with Crippen LogP contribution in [0.3, 0.4) is 0 Å². The van der Waals surface area contributed by atoms with Crippen molar-refractivity contribution in [2.24, 2.45) is 0 Å². The van der Waals surface area contributed by atoms with E-state index in [9.17, 15) is 8.42 Å². The van der Waals surface area contributed by atoms with Gasteiger partial charge in [0.05, 0.1) is 5.75 Å². The number of rotatable bonds is 7. The molecule has 0 aromatic rings. The zero-order chi connectivity index (χ0) is 13.6. The summed E-state index contributed by atoms with van der Waals surface area (Å²) < 4.78 is 25.9. The second-order valence-corrected chi connectivity index (χ2v) is 7.29. The molecule has 0 amide bonds. The molecule has 0 saturated carbocycles. The summed E-state index contributed by atoms with van der Waals surface area (Å²) >= 11 is 0. The molecule has 0 aliphatic carbocycles. The van der Waals surface area contributed by atoms with Crippen molar-refractivity contribution in [3.8, 4) is 0 Å². The van der Waals surface area contributed by atoms with Gasteiger partial charge in [0.25, 0.3) is 0 Å². The first-order valence-electron chi connectivity index (χ1n) is 6.82. The third-order valence-corrected chi connectivity index (χ3v) is 5.41. The molecular weight excluding hydrogens is 250 g/mol. The summed E-state index contributed by atoms with van der Waals surface area (Å²) in [6.45, 7) is 5.42.